The van der Waals surface area contributed by atoms with Crippen LogP contribution in [0, 0.1) is 5.82 Å². The van der Waals surface area contributed by atoms with Crippen LogP contribution in [0.25, 0.3) is 0 Å². The summed E-state index contributed by atoms with van der Waals surface area (Å²) in [4.78, 5) is 1.09. The molecule has 1 atom stereocenters. The molecule has 0 saturated carbocycles. The van der Waals surface area contributed by atoms with E-state index in [-0.39, 0.29) is 11.9 Å². The van der Waals surface area contributed by atoms with Gasteiger partial charge in [0.15, 0.2) is 0 Å². The molecule has 0 saturated heterocycles. The monoisotopic (exact) mass is 343 g/mol. The third-order valence-corrected chi connectivity index (χ3v) is 4.10. The fourth-order valence-corrected chi connectivity index (χ4v) is 3.17. The van der Waals surface area contributed by atoms with Crippen molar-refractivity contribution < 1.29 is 9.13 Å². The van der Waals surface area contributed by atoms with Gasteiger partial charge < -0.3 is 10.5 Å². The van der Waals surface area contributed by atoms with E-state index in [1.807, 2.05) is 25.1 Å². The highest BCUT2D eigenvalue weighted by Gasteiger charge is 2.05. The molecular weight excluding hydrogens is 329 g/mol. The van der Waals surface area contributed by atoms with Crippen molar-refractivity contribution in [1.82, 2.24) is 0 Å². The van der Waals surface area contributed by atoms with E-state index >= 15 is 0 Å². The maximum absolute atomic E-state index is 13.5. The Hall–Kier alpha value is -0.910. The quantitative estimate of drug-likeness (QED) is 0.886. The molecule has 1 aromatic heterocycles. The Kier molecular flexibility index (Phi) is 4.96. The van der Waals surface area contributed by atoms with E-state index in [2.05, 4.69) is 15.9 Å². The summed E-state index contributed by atoms with van der Waals surface area (Å²) in [7, 11) is 0. The molecule has 0 bridgehead atoms. The van der Waals surface area contributed by atoms with Crippen LogP contribution in [0.2, 0.25) is 0 Å². The van der Waals surface area contributed by atoms with Crippen LogP contribution in [0.5, 0.6) is 5.75 Å². The van der Waals surface area contributed by atoms with Gasteiger partial charge in [-0.3, -0.25) is 0 Å². The third kappa shape index (κ3) is 4.60. The average molecular weight is 344 g/mol. The fourth-order valence-electron chi connectivity index (χ4n) is 1.78. The number of thiophene rings is 1. The molecule has 0 aliphatic rings. The molecule has 2 aromatic rings. The van der Waals surface area contributed by atoms with Crippen molar-refractivity contribution >= 4 is 27.3 Å². The van der Waals surface area contributed by atoms with Crippen molar-refractivity contribution in [2.45, 2.75) is 26.0 Å². The summed E-state index contributed by atoms with van der Waals surface area (Å²) in [5, 5.41) is 0. The molecule has 102 valence electrons. The van der Waals surface area contributed by atoms with Crippen LogP contribution in [0.15, 0.2) is 34.1 Å². The van der Waals surface area contributed by atoms with Crippen molar-refractivity contribution in [3.05, 3.63) is 50.4 Å². The summed E-state index contributed by atoms with van der Waals surface area (Å²) in [5.41, 5.74) is 6.58. The van der Waals surface area contributed by atoms with Crippen molar-refractivity contribution in [3.8, 4) is 5.75 Å². The lowest BCUT2D eigenvalue weighted by Gasteiger charge is -2.09. The Morgan fingerprint density at radius 1 is 1.37 bits per heavy atom. The SMILES string of the molecule is CC(N)Cc1cc(F)cc(OCc2ccc(Br)s2)c1. The van der Waals surface area contributed by atoms with E-state index in [4.69, 9.17) is 10.5 Å². The molecule has 0 amide bonds. The average Bonchev–Trinajstić information content (AvgIpc) is 2.71. The van der Waals surface area contributed by atoms with Gasteiger partial charge in [-0.05, 0) is 59.1 Å². The highest BCUT2D eigenvalue weighted by Crippen LogP contribution is 2.24. The molecule has 1 heterocycles. The van der Waals surface area contributed by atoms with E-state index in [0.29, 0.717) is 18.8 Å². The van der Waals surface area contributed by atoms with Crippen LogP contribution < -0.4 is 10.5 Å². The van der Waals surface area contributed by atoms with Gasteiger partial charge in [0, 0.05) is 17.0 Å². The Morgan fingerprint density at radius 3 is 2.79 bits per heavy atom. The van der Waals surface area contributed by atoms with Crippen LogP contribution in [0.4, 0.5) is 4.39 Å². The van der Waals surface area contributed by atoms with Crippen LogP contribution in [-0.4, -0.2) is 6.04 Å². The van der Waals surface area contributed by atoms with Gasteiger partial charge >= 0.3 is 0 Å². The maximum atomic E-state index is 13.5. The number of hydrogen-bond acceptors (Lipinski definition) is 3. The molecule has 5 heteroatoms. The molecule has 0 radical (unpaired) electrons. The van der Waals surface area contributed by atoms with Crippen molar-refractivity contribution in [2.24, 2.45) is 5.73 Å². The minimum Gasteiger partial charge on any atom is -0.488 e. The van der Waals surface area contributed by atoms with Crippen LogP contribution in [0.3, 0.4) is 0 Å². The minimum atomic E-state index is -0.291. The summed E-state index contributed by atoms with van der Waals surface area (Å²) >= 11 is 5.00. The zero-order valence-corrected chi connectivity index (χ0v) is 12.9. The summed E-state index contributed by atoms with van der Waals surface area (Å²) < 4.78 is 20.2. The number of ether oxygens (including phenoxy) is 1. The number of hydrogen-bond donors (Lipinski definition) is 1. The van der Waals surface area contributed by atoms with Crippen molar-refractivity contribution in [2.75, 3.05) is 0 Å². The van der Waals surface area contributed by atoms with Gasteiger partial charge in [-0.25, -0.2) is 4.39 Å². The number of benzene rings is 1. The van der Waals surface area contributed by atoms with Crippen LogP contribution in [0.1, 0.15) is 17.4 Å². The summed E-state index contributed by atoms with van der Waals surface area (Å²) in [5.74, 6) is 0.251. The normalized spacial score (nSPS) is 12.4. The number of nitrogens with two attached hydrogens (primary N) is 1. The second-order valence-electron chi connectivity index (χ2n) is 4.47. The number of rotatable bonds is 5. The molecule has 19 heavy (non-hydrogen) atoms. The largest absolute Gasteiger partial charge is 0.488 e. The summed E-state index contributed by atoms with van der Waals surface area (Å²) in [6.45, 7) is 2.34. The molecule has 2 N–H and O–H groups in total. The molecule has 1 unspecified atom stereocenters. The lowest BCUT2D eigenvalue weighted by atomic mass is 10.1. The Morgan fingerprint density at radius 2 is 2.16 bits per heavy atom. The number of halogens is 2. The first-order valence-electron chi connectivity index (χ1n) is 5.95. The van der Waals surface area contributed by atoms with Crippen molar-refractivity contribution in [1.29, 1.82) is 0 Å². The second kappa shape index (κ2) is 6.50. The Labute approximate surface area is 124 Å². The molecule has 0 aliphatic heterocycles. The first-order valence-corrected chi connectivity index (χ1v) is 7.56. The van der Waals surface area contributed by atoms with Crippen LogP contribution >= 0.6 is 27.3 Å². The van der Waals surface area contributed by atoms with E-state index in [1.165, 1.54) is 12.1 Å². The van der Waals surface area contributed by atoms with E-state index < -0.39 is 0 Å². The maximum Gasteiger partial charge on any atom is 0.127 e. The van der Waals surface area contributed by atoms with E-state index in [9.17, 15) is 4.39 Å². The highest BCUT2D eigenvalue weighted by molar-refractivity contribution is 9.11. The molecule has 2 nitrogen and oxygen atoms in total. The molecule has 0 fully saturated rings. The summed E-state index contributed by atoms with van der Waals surface area (Å²) in [6, 6.07) is 8.69. The Balaban J connectivity index is 2.05. The van der Waals surface area contributed by atoms with Crippen molar-refractivity contribution in [3.63, 3.8) is 0 Å². The Bertz CT molecular complexity index is 556. The zero-order chi connectivity index (χ0) is 13.8. The first kappa shape index (κ1) is 14.5. The molecule has 1 aromatic carbocycles. The predicted molar refractivity (Wildman–Crippen MR) is 80.1 cm³/mol. The van der Waals surface area contributed by atoms with Gasteiger partial charge in [-0.15, -0.1) is 11.3 Å². The highest BCUT2D eigenvalue weighted by atomic mass is 79.9. The molecule has 2 rings (SSSR count). The van der Waals surface area contributed by atoms with Gasteiger partial charge in [-0.1, -0.05) is 0 Å². The smallest absolute Gasteiger partial charge is 0.127 e. The summed E-state index contributed by atoms with van der Waals surface area (Å²) in [6.07, 6.45) is 0.638. The van der Waals surface area contributed by atoms with E-state index in [0.717, 1.165) is 14.2 Å². The van der Waals surface area contributed by atoms with Gasteiger partial charge in [0.2, 0.25) is 0 Å². The third-order valence-electron chi connectivity index (χ3n) is 2.50. The zero-order valence-electron chi connectivity index (χ0n) is 10.5. The van der Waals surface area contributed by atoms with Gasteiger partial charge in [0.1, 0.15) is 18.2 Å². The first-order chi connectivity index (χ1) is 9.02. The molecule has 0 aliphatic carbocycles. The molecule has 0 spiro atoms. The van der Waals surface area contributed by atoms with Gasteiger partial charge in [-0.2, -0.15) is 0 Å². The van der Waals surface area contributed by atoms with Crippen LogP contribution in [-0.2, 0) is 13.0 Å². The van der Waals surface area contributed by atoms with Gasteiger partial charge in [0.05, 0.1) is 3.79 Å². The minimum absolute atomic E-state index is 0.00269. The second-order valence-corrected chi connectivity index (χ2v) is 7.02. The lowest BCUT2D eigenvalue weighted by Crippen LogP contribution is -2.17. The fraction of sp³-hybridized carbons (Fsp3) is 0.286. The van der Waals surface area contributed by atoms with E-state index in [1.54, 1.807) is 11.3 Å². The molecular formula is C14H15BrFNOS. The predicted octanol–water partition coefficient (Wildman–Crippen LogP) is 4.12. The van der Waals surface area contributed by atoms with Gasteiger partial charge in [0.25, 0.3) is 0 Å². The lowest BCUT2D eigenvalue weighted by molar-refractivity contribution is 0.307. The standard InChI is InChI=1S/C14H15BrFNOS/c1-9(17)4-10-5-11(16)7-12(6-10)18-8-13-2-3-14(15)19-13/h2-3,5-7,9H,4,8,17H2,1H3. The topological polar surface area (TPSA) is 35.2 Å².